The minimum atomic E-state index is -1.90. The summed E-state index contributed by atoms with van der Waals surface area (Å²) in [5, 5.41) is 27.3. The Labute approximate surface area is 126 Å². The van der Waals surface area contributed by atoms with Crippen molar-refractivity contribution in [3.63, 3.8) is 0 Å². The third kappa shape index (κ3) is 9.47. The van der Waals surface area contributed by atoms with E-state index >= 15 is 0 Å². The predicted octanol–water partition coefficient (Wildman–Crippen LogP) is -1.32. The van der Waals surface area contributed by atoms with E-state index < -0.39 is 19.3 Å². The van der Waals surface area contributed by atoms with Gasteiger partial charge in [0.2, 0.25) is 0 Å². The zero-order chi connectivity index (χ0) is 17.0. The Hall–Kier alpha value is -2.43. The summed E-state index contributed by atoms with van der Waals surface area (Å²) in [6, 6.07) is 6.28. The van der Waals surface area contributed by atoms with Gasteiger partial charge in [0, 0.05) is 0 Å². The first kappa shape index (κ1) is 19.6. The zero-order valence-corrected chi connectivity index (χ0v) is 11.8. The normalized spacial score (nSPS) is 9.05. The van der Waals surface area contributed by atoms with Crippen LogP contribution in [0.25, 0.3) is 0 Å². The lowest BCUT2D eigenvalue weighted by Crippen LogP contribution is -2.28. The molecule has 0 bridgehead atoms. The van der Waals surface area contributed by atoms with Gasteiger partial charge in [0.15, 0.2) is 6.29 Å². The van der Waals surface area contributed by atoms with E-state index in [2.05, 4.69) is 14.7 Å². The first-order valence-corrected chi connectivity index (χ1v) is 5.97. The van der Waals surface area contributed by atoms with E-state index in [4.69, 9.17) is 15.2 Å². The van der Waals surface area contributed by atoms with Gasteiger partial charge in [-0.2, -0.15) is 0 Å². The molecule has 10 heteroatoms. The SMILES string of the molecule is COC(=O)CNCC(=O)O.O=Cc1ccccc1OB(O)O. The highest BCUT2D eigenvalue weighted by atomic mass is 16.6. The van der Waals surface area contributed by atoms with Crippen LogP contribution in [0.4, 0.5) is 0 Å². The highest BCUT2D eigenvalue weighted by molar-refractivity contribution is 6.33. The number of para-hydroxylation sites is 1. The van der Waals surface area contributed by atoms with Gasteiger partial charge in [-0.25, -0.2) is 0 Å². The second-order valence-electron chi connectivity index (χ2n) is 3.67. The van der Waals surface area contributed by atoms with Gasteiger partial charge in [0.25, 0.3) is 0 Å². The van der Waals surface area contributed by atoms with E-state index in [1.165, 1.54) is 19.2 Å². The van der Waals surface area contributed by atoms with Crippen molar-refractivity contribution < 1.29 is 38.9 Å². The van der Waals surface area contributed by atoms with Crippen LogP contribution in [0.2, 0.25) is 0 Å². The number of hydrogen-bond donors (Lipinski definition) is 4. The molecule has 0 fully saturated rings. The Balaban J connectivity index is 0.000000409. The number of esters is 1. The van der Waals surface area contributed by atoms with Crippen molar-refractivity contribution in [1.82, 2.24) is 5.32 Å². The maximum atomic E-state index is 10.4. The van der Waals surface area contributed by atoms with E-state index in [0.29, 0.717) is 6.29 Å². The van der Waals surface area contributed by atoms with E-state index in [0.717, 1.165) is 0 Å². The highest BCUT2D eigenvalue weighted by Gasteiger charge is 2.12. The molecule has 0 amide bonds. The van der Waals surface area contributed by atoms with Gasteiger partial charge >= 0.3 is 19.3 Å². The van der Waals surface area contributed by atoms with Gasteiger partial charge in [-0.05, 0) is 12.1 Å². The molecular formula is C12H16BNO8. The number of carboxylic acid groups (broad SMARTS) is 1. The molecule has 0 aliphatic heterocycles. The molecule has 0 saturated heterocycles. The summed E-state index contributed by atoms with van der Waals surface area (Å²) in [5.41, 5.74) is 0.283. The summed E-state index contributed by atoms with van der Waals surface area (Å²) in [6.45, 7) is -0.294. The van der Waals surface area contributed by atoms with Gasteiger partial charge in [-0.15, -0.1) is 0 Å². The molecule has 0 unspecified atom stereocenters. The number of carboxylic acids is 1. The number of aliphatic carboxylic acids is 1. The van der Waals surface area contributed by atoms with E-state index in [9.17, 15) is 14.4 Å². The van der Waals surface area contributed by atoms with Crippen molar-refractivity contribution in [3.8, 4) is 5.75 Å². The van der Waals surface area contributed by atoms with Gasteiger partial charge in [-0.3, -0.25) is 19.7 Å². The smallest absolute Gasteiger partial charge is 0.511 e. The fraction of sp³-hybridized carbons (Fsp3) is 0.250. The lowest BCUT2D eigenvalue weighted by atomic mass is 10.2. The molecule has 1 rings (SSSR count). The first-order chi connectivity index (χ1) is 10.4. The van der Waals surface area contributed by atoms with Crippen LogP contribution in [0.5, 0.6) is 5.75 Å². The Kier molecular flexibility index (Phi) is 10.0. The maximum Gasteiger partial charge on any atom is 0.707 e. The summed E-state index contributed by atoms with van der Waals surface area (Å²) in [7, 11) is -0.656. The molecule has 0 radical (unpaired) electrons. The number of nitrogens with one attached hydrogen (secondary N) is 1. The molecule has 0 aliphatic rings. The number of methoxy groups -OCH3 is 1. The molecule has 120 valence electrons. The largest absolute Gasteiger partial charge is 0.707 e. The van der Waals surface area contributed by atoms with Crippen molar-refractivity contribution in [3.05, 3.63) is 29.8 Å². The monoisotopic (exact) mass is 313 g/mol. The Bertz CT molecular complexity index is 494. The molecule has 0 aromatic heterocycles. The second-order valence-corrected chi connectivity index (χ2v) is 3.67. The molecule has 9 nitrogen and oxygen atoms in total. The van der Waals surface area contributed by atoms with Crippen LogP contribution >= 0.6 is 0 Å². The Morgan fingerprint density at radius 3 is 2.41 bits per heavy atom. The molecule has 0 aliphatic carbocycles. The second kappa shape index (κ2) is 11.3. The van der Waals surface area contributed by atoms with E-state index in [-0.39, 0.29) is 24.4 Å². The van der Waals surface area contributed by atoms with Crippen molar-refractivity contribution >= 4 is 25.5 Å². The van der Waals surface area contributed by atoms with Crippen LogP contribution < -0.4 is 9.97 Å². The van der Waals surface area contributed by atoms with Crippen LogP contribution in [-0.2, 0) is 14.3 Å². The lowest BCUT2D eigenvalue weighted by molar-refractivity contribution is -0.140. The number of ether oxygens (including phenoxy) is 1. The van der Waals surface area contributed by atoms with Crippen LogP contribution in [0, 0.1) is 0 Å². The third-order valence-corrected chi connectivity index (χ3v) is 2.05. The topological polar surface area (TPSA) is 142 Å². The molecule has 0 heterocycles. The van der Waals surface area contributed by atoms with Crippen molar-refractivity contribution in [1.29, 1.82) is 0 Å². The summed E-state index contributed by atoms with van der Waals surface area (Å²) in [5.74, 6) is -1.31. The van der Waals surface area contributed by atoms with E-state index in [1.54, 1.807) is 12.1 Å². The molecule has 0 saturated carbocycles. The van der Waals surface area contributed by atoms with Crippen LogP contribution in [-0.4, -0.2) is 60.9 Å². The quantitative estimate of drug-likeness (QED) is 0.274. The number of aldehydes is 1. The fourth-order valence-corrected chi connectivity index (χ4v) is 1.14. The molecule has 0 spiro atoms. The molecular weight excluding hydrogens is 297 g/mol. The number of benzene rings is 1. The standard InChI is InChI=1S/C7H7BO4.C5H9NO4/c9-5-6-3-1-2-4-7(6)12-8(10)11;1-10-5(9)3-6-2-4(7)8/h1-5,10-11H;6H,2-3H2,1H3,(H,7,8). The number of carbonyl (C=O) groups is 3. The number of carbonyl (C=O) groups excluding carboxylic acids is 2. The minimum Gasteiger partial charge on any atom is -0.511 e. The van der Waals surface area contributed by atoms with Crippen molar-refractivity contribution in [2.24, 2.45) is 0 Å². The molecule has 1 aromatic rings. The van der Waals surface area contributed by atoms with Gasteiger partial charge in [0.1, 0.15) is 5.75 Å². The summed E-state index contributed by atoms with van der Waals surface area (Å²) < 4.78 is 8.75. The van der Waals surface area contributed by atoms with Gasteiger partial charge < -0.3 is 24.5 Å². The van der Waals surface area contributed by atoms with Crippen LogP contribution in [0.15, 0.2) is 24.3 Å². The highest BCUT2D eigenvalue weighted by Crippen LogP contribution is 2.15. The minimum absolute atomic E-state index is 0.0667. The fourth-order valence-electron chi connectivity index (χ4n) is 1.14. The maximum absolute atomic E-state index is 10.4. The lowest BCUT2D eigenvalue weighted by Gasteiger charge is -2.05. The van der Waals surface area contributed by atoms with Crippen molar-refractivity contribution in [2.75, 3.05) is 20.2 Å². The third-order valence-electron chi connectivity index (χ3n) is 2.05. The summed E-state index contributed by atoms with van der Waals surface area (Å²) >= 11 is 0. The molecule has 4 N–H and O–H groups in total. The van der Waals surface area contributed by atoms with Crippen molar-refractivity contribution in [2.45, 2.75) is 0 Å². The Morgan fingerprint density at radius 2 is 1.91 bits per heavy atom. The summed E-state index contributed by atoms with van der Waals surface area (Å²) in [6.07, 6.45) is 0.581. The number of rotatable bonds is 7. The average Bonchev–Trinajstić information content (AvgIpc) is 2.47. The Morgan fingerprint density at radius 1 is 1.27 bits per heavy atom. The molecule has 1 aromatic carbocycles. The first-order valence-electron chi connectivity index (χ1n) is 5.97. The molecule has 22 heavy (non-hydrogen) atoms. The van der Waals surface area contributed by atoms with E-state index in [1.807, 2.05) is 0 Å². The average molecular weight is 313 g/mol. The number of hydrogen-bond acceptors (Lipinski definition) is 8. The summed E-state index contributed by atoms with van der Waals surface area (Å²) in [4.78, 5) is 30.5. The molecule has 0 atom stereocenters. The van der Waals surface area contributed by atoms with Gasteiger partial charge in [-0.1, -0.05) is 12.1 Å². The van der Waals surface area contributed by atoms with Crippen LogP contribution in [0.1, 0.15) is 10.4 Å². The van der Waals surface area contributed by atoms with Crippen LogP contribution in [0.3, 0.4) is 0 Å². The zero-order valence-electron chi connectivity index (χ0n) is 11.8. The van der Waals surface area contributed by atoms with Gasteiger partial charge in [0.05, 0.1) is 25.8 Å². The predicted molar refractivity (Wildman–Crippen MR) is 75.2 cm³/mol.